The lowest BCUT2D eigenvalue weighted by molar-refractivity contribution is 0.0199. The first-order valence-corrected chi connectivity index (χ1v) is 16.5. The van der Waals surface area contributed by atoms with Crippen LogP contribution in [0.4, 0.5) is 0 Å². The monoisotopic (exact) mass is 524 g/mol. The van der Waals surface area contributed by atoms with E-state index in [4.69, 9.17) is 14.2 Å². The van der Waals surface area contributed by atoms with Crippen LogP contribution in [0.1, 0.15) is 80.3 Å². The molecule has 0 saturated heterocycles. The van der Waals surface area contributed by atoms with Crippen molar-refractivity contribution in [3.8, 4) is 17.6 Å². The second kappa shape index (κ2) is 12.3. The molecule has 0 aliphatic heterocycles. The third-order valence-corrected chi connectivity index (χ3v) is 7.69. The van der Waals surface area contributed by atoms with Crippen LogP contribution < -0.4 is 4.74 Å². The van der Waals surface area contributed by atoms with Gasteiger partial charge in [0.2, 0.25) is 0 Å². The molecule has 2 rings (SSSR count). The van der Waals surface area contributed by atoms with Crippen LogP contribution in [0.15, 0.2) is 36.4 Å². The van der Waals surface area contributed by atoms with Gasteiger partial charge >= 0.3 is 5.97 Å². The maximum atomic E-state index is 11.7. The van der Waals surface area contributed by atoms with Gasteiger partial charge in [-0.15, -0.1) is 0 Å². The fraction of sp³-hybridized carbons (Fsp3) is 0.516. The molecular formula is C31H44O5Si. The first kappa shape index (κ1) is 30.6. The van der Waals surface area contributed by atoms with Crippen molar-refractivity contribution in [2.75, 3.05) is 20.5 Å². The lowest BCUT2D eigenvalue weighted by atomic mass is 9.78. The summed E-state index contributed by atoms with van der Waals surface area (Å²) in [5, 5.41) is 11.0. The maximum Gasteiger partial charge on any atom is 0.337 e. The SMILES string of the molecule is COC(=O)c1ccc(C#CC(O)c2cc(C(C)(C)C)c(OCOCC[Si](C)(C)C)c(C(C)(C)C)c2)cc1. The highest BCUT2D eigenvalue weighted by Gasteiger charge is 2.29. The van der Waals surface area contributed by atoms with Gasteiger partial charge in [-0.3, -0.25) is 0 Å². The highest BCUT2D eigenvalue weighted by Crippen LogP contribution is 2.41. The molecule has 6 heteroatoms. The van der Waals surface area contributed by atoms with E-state index in [2.05, 4.69) is 73.0 Å². The number of carbonyl (C=O) groups excluding carboxylic acids is 1. The van der Waals surface area contributed by atoms with Gasteiger partial charge in [0.05, 0.1) is 12.7 Å². The molecule has 1 N–H and O–H groups in total. The van der Waals surface area contributed by atoms with E-state index in [-0.39, 0.29) is 17.6 Å². The van der Waals surface area contributed by atoms with Crippen LogP contribution >= 0.6 is 0 Å². The number of aliphatic hydroxyl groups is 1. The minimum atomic E-state index is -1.17. The fourth-order valence-electron chi connectivity index (χ4n) is 3.66. The Kier molecular flexibility index (Phi) is 10.2. The topological polar surface area (TPSA) is 65.0 Å². The predicted molar refractivity (Wildman–Crippen MR) is 153 cm³/mol. The normalized spacial score (nSPS) is 12.9. The van der Waals surface area contributed by atoms with Crippen LogP contribution in [0.2, 0.25) is 25.7 Å². The van der Waals surface area contributed by atoms with Crippen LogP contribution in [0.5, 0.6) is 5.75 Å². The largest absolute Gasteiger partial charge is 0.467 e. The van der Waals surface area contributed by atoms with Crippen molar-refractivity contribution in [2.45, 2.75) is 84.2 Å². The summed E-state index contributed by atoms with van der Waals surface area (Å²) in [5.74, 6) is 6.39. The minimum absolute atomic E-state index is 0.194. The zero-order valence-electron chi connectivity index (χ0n) is 24.2. The Hall–Kier alpha value is -2.59. The number of hydrogen-bond acceptors (Lipinski definition) is 5. The molecule has 0 radical (unpaired) electrons. The van der Waals surface area contributed by atoms with Gasteiger partial charge in [0.25, 0.3) is 0 Å². The van der Waals surface area contributed by atoms with Gasteiger partial charge < -0.3 is 19.3 Å². The Morgan fingerprint density at radius 2 is 1.51 bits per heavy atom. The number of carbonyl (C=O) groups is 1. The number of hydrogen-bond donors (Lipinski definition) is 1. The lowest BCUT2D eigenvalue weighted by Crippen LogP contribution is -2.23. The second-order valence-corrected chi connectivity index (χ2v) is 18.3. The molecule has 37 heavy (non-hydrogen) atoms. The number of benzene rings is 2. The first-order valence-electron chi connectivity index (χ1n) is 12.8. The number of esters is 1. The van der Waals surface area contributed by atoms with E-state index in [0.717, 1.165) is 28.5 Å². The van der Waals surface area contributed by atoms with E-state index in [9.17, 15) is 9.90 Å². The molecule has 0 saturated carbocycles. The smallest absolute Gasteiger partial charge is 0.337 e. The molecule has 0 aliphatic carbocycles. The van der Waals surface area contributed by atoms with Gasteiger partial charge in [0.15, 0.2) is 6.79 Å². The van der Waals surface area contributed by atoms with Crippen LogP contribution in [-0.2, 0) is 20.3 Å². The Morgan fingerprint density at radius 3 is 1.97 bits per heavy atom. The molecule has 2 aromatic rings. The average molecular weight is 525 g/mol. The standard InChI is InChI=1S/C31H44O5Si/c1-30(2,3)25-19-24(27(32)16-13-22-11-14-23(15-12-22)29(33)34-7)20-26(31(4,5)6)28(25)36-21-35-17-18-37(8,9)10/h11-12,14-15,19-20,27,32H,17-18,21H2,1-10H3. The van der Waals surface area contributed by atoms with Crippen LogP contribution in [0.25, 0.3) is 0 Å². The molecule has 1 unspecified atom stereocenters. The number of aliphatic hydroxyl groups excluding tert-OH is 1. The molecule has 0 aromatic heterocycles. The Morgan fingerprint density at radius 1 is 0.973 bits per heavy atom. The molecule has 0 spiro atoms. The van der Waals surface area contributed by atoms with Crippen LogP contribution in [0, 0.1) is 11.8 Å². The van der Waals surface area contributed by atoms with E-state index < -0.39 is 20.1 Å². The zero-order chi connectivity index (χ0) is 28.0. The summed E-state index contributed by atoms with van der Waals surface area (Å²) >= 11 is 0. The Bertz CT molecular complexity index is 1080. The molecular weight excluding hydrogens is 480 g/mol. The van der Waals surface area contributed by atoms with Crippen molar-refractivity contribution in [1.82, 2.24) is 0 Å². The number of methoxy groups -OCH3 is 1. The fourth-order valence-corrected chi connectivity index (χ4v) is 4.42. The van der Waals surface area contributed by atoms with Gasteiger partial charge in [-0.05, 0) is 58.8 Å². The van der Waals surface area contributed by atoms with E-state index in [1.54, 1.807) is 24.3 Å². The zero-order valence-corrected chi connectivity index (χ0v) is 25.2. The van der Waals surface area contributed by atoms with E-state index in [0.29, 0.717) is 17.7 Å². The molecule has 0 heterocycles. The van der Waals surface area contributed by atoms with Crippen molar-refractivity contribution in [3.05, 3.63) is 64.2 Å². The first-order chi connectivity index (χ1) is 17.0. The molecule has 1 atom stereocenters. The number of ether oxygens (including phenoxy) is 3. The van der Waals surface area contributed by atoms with Crippen molar-refractivity contribution < 1.29 is 24.1 Å². The van der Waals surface area contributed by atoms with Crippen molar-refractivity contribution in [2.24, 2.45) is 0 Å². The summed E-state index contributed by atoms with van der Waals surface area (Å²) in [7, 11) is 0.177. The molecule has 0 amide bonds. The van der Waals surface area contributed by atoms with Crippen LogP contribution in [0.3, 0.4) is 0 Å². The lowest BCUT2D eigenvalue weighted by Gasteiger charge is -2.31. The quantitative estimate of drug-likeness (QED) is 0.135. The van der Waals surface area contributed by atoms with Gasteiger partial charge in [-0.25, -0.2) is 4.79 Å². The summed E-state index contributed by atoms with van der Waals surface area (Å²) in [6.45, 7) is 20.7. The molecule has 202 valence electrons. The van der Waals surface area contributed by atoms with Crippen molar-refractivity contribution >= 4 is 14.0 Å². The Balaban J connectivity index is 2.38. The summed E-state index contributed by atoms with van der Waals surface area (Å²) in [4.78, 5) is 11.7. The van der Waals surface area contributed by atoms with E-state index in [1.165, 1.54) is 7.11 Å². The highest BCUT2D eigenvalue weighted by atomic mass is 28.3. The average Bonchev–Trinajstić information content (AvgIpc) is 2.79. The third-order valence-electron chi connectivity index (χ3n) is 5.99. The Labute approximate surface area is 224 Å². The van der Waals surface area contributed by atoms with E-state index >= 15 is 0 Å². The minimum Gasteiger partial charge on any atom is -0.467 e. The van der Waals surface area contributed by atoms with Gasteiger partial charge in [0, 0.05) is 31.4 Å². The summed E-state index contributed by atoms with van der Waals surface area (Å²) < 4.78 is 16.9. The van der Waals surface area contributed by atoms with E-state index in [1.807, 2.05) is 12.1 Å². The number of rotatable bonds is 8. The van der Waals surface area contributed by atoms with Gasteiger partial charge in [-0.2, -0.15) is 0 Å². The molecule has 5 nitrogen and oxygen atoms in total. The third kappa shape index (κ3) is 9.34. The molecule has 0 aliphatic rings. The predicted octanol–water partition coefficient (Wildman–Crippen LogP) is 6.84. The summed E-state index contributed by atoms with van der Waals surface area (Å²) in [5.41, 5.74) is 3.45. The second-order valence-electron chi connectivity index (χ2n) is 12.7. The molecule has 0 bridgehead atoms. The highest BCUT2D eigenvalue weighted by molar-refractivity contribution is 6.76. The molecule has 0 fully saturated rings. The van der Waals surface area contributed by atoms with Crippen molar-refractivity contribution in [1.29, 1.82) is 0 Å². The van der Waals surface area contributed by atoms with Gasteiger partial charge in [0.1, 0.15) is 11.9 Å². The summed E-state index contributed by atoms with van der Waals surface area (Å²) in [6.07, 6.45) is -0.982. The maximum absolute atomic E-state index is 11.7. The van der Waals surface area contributed by atoms with Crippen molar-refractivity contribution in [3.63, 3.8) is 0 Å². The summed E-state index contributed by atoms with van der Waals surface area (Å²) in [6, 6.07) is 11.9. The van der Waals surface area contributed by atoms with Crippen LogP contribution in [-0.4, -0.2) is 39.7 Å². The van der Waals surface area contributed by atoms with Gasteiger partial charge in [-0.1, -0.05) is 73.0 Å². The molecule has 2 aromatic carbocycles.